The van der Waals surface area contributed by atoms with Crippen LogP contribution >= 0.6 is 0 Å². The molecule has 3 aliphatic heterocycles. The van der Waals surface area contributed by atoms with Crippen LogP contribution in [0.4, 0.5) is 0 Å². The predicted octanol–water partition coefficient (Wildman–Crippen LogP) is 2.09. The Kier molecular flexibility index (Phi) is 4.94. The van der Waals surface area contributed by atoms with E-state index in [1.807, 2.05) is 32.1 Å². The maximum absolute atomic E-state index is 13.1. The number of hydrogen-bond donors (Lipinski definition) is 0. The largest absolute Gasteiger partial charge is 0.469 e. The Morgan fingerprint density at radius 1 is 1.38 bits per heavy atom. The summed E-state index contributed by atoms with van der Waals surface area (Å²) in [7, 11) is 1.33. The first kappa shape index (κ1) is 19.6. The number of esters is 2. The van der Waals surface area contributed by atoms with Crippen LogP contribution in [0.2, 0.25) is 0 Å². The Balaban J connectivity index is 1.50. The summed E-state index contributed by atoms with van der Waals surface area (Å²) in [6, 6.07) is 7.17. The van der Waals surface area contributed by atoms with Gasteiger partial charge < -0.3 is 19.1 Å². The van der Waals surface area contributed by atoms with Crippen molar-refractivity contribution in [2.24, 2.45) is 17.8 Å². The van der Waals surface area contributed by atoms with Gasteiger partial charge in [-0.2, -0.15) is 0 Å². The van der Waals surface area contributed by atoms with E-state index in [1.165, 1.54) is 7.11 Å². The fourth-order valence-corrected chi connectivity index (χ4v) is 4.43. The lowest BCUT2D eigenvalue weighted by Crippen LogP contribution is -2.39. The van der Waals surface area contributed by atoms with Crippen molar-refractivity contribution in [3.8, 4) is 5.75 Å². The average molecular weight is 399 g/mol. The van der Waals surface area contributed by atoms with E-state index in [0.717, 1.165) is 5.56 Å². The van der Waals surface area contributed by atoms with Crippen molar-refractivity contribution in [1.82, 2.24) is 4.90 Å². The Morgan fingerprint density at radius 3 is 2.90 bits per heavy atom. The molecule has 0 aliphatic carbocycles. The van der Waals surface area contributed by atoms with Gasteiger partial charge in [-0.1, -0.05) is 38.1 Å². The number of benzene rings is 1. The molecule has 4 rings (SSSR count). The SMILES string of the molecule is CC[C@H](C)C(=O)Oc1cccc(CN2C[C@@]34C=C[C@@H](O3)[C@@H](C(=O)OC)[C@@H]4C2=O)c1. The summed E-state index contributed by atoms with van der Waals surface area (Å²) < 4.78 is 16.4. The molecule has 7 nitrogen and oxygen atoms in total. The van der Waals surface area contributed by atoms with Crippen molar-refractivity contribution in [1.29, 1.82) is 0 Å². The molecule has 1 aromatic rings. The molecule has 29 heavy (non-hydrogen) atoms. The molecule has 1 spiro atoms. The molecular weight excluding hydrogens is 374 g/mol. The summed E-state index contributed by atoms with van der Waals surface area (Å²) in [6.45, 7) is 4.49. The molecule has 2 fully saturated rings. The molecule has 3 aliphatic rings. The van der Waals surface area contributed by atoms with Crippen LogP contribution in [0.5, 0.6) is 5.75 Å². The lowest BCUT2D eigenvalue weighted by molar-refractivity contribution is -0.151. The van der Waals surface area contributed by atoms with E-state index in [0.29, 0.717) is 25.3 Å². The normalized spacial score (nSPS) is 30.4. The van der Waals surface area contributed by atoms with Crippen LogP contribution in [-0.4, -0.2) is 48.1 Å². The summed E-state index contributed by atoms with van der Waals surface area (Å²) in [6.07, 6.45) is 4.07. The van der Waals surface area contributed by atoms with Crippen LogP contribution in [0.3, 0.4) is 0 Å². The van der Waals surface area contributed by atoms with Crippen molar-refractivity contribution in [3.05, 3.63) is 42.0 Å². The van der Waals surface area contributed by atoms with Gasteiger partial charge in [0.2, 0.25) is 5.91 Å². The molecule has 0 radical (unpaired) electrons. The van der Waals surface area contributed by atoms with E-state index in [9.17, 15) is 14.4 Å². The summed E-state index contributed by atoms with van der Waals surface area (Å²) >= 11 is 0. The third kappa shape index (κ3) is 3.23. The number of nitrogens with zero attached hydrogens (tertiary/aromatic N) is 1. The number of carbonyl (C=O) groups is 3. The Bertz CT molecular complexity index is 880. The Morgan fingerprint density at radius 2 is 2.17 bits per heavy atom. The lowest BCUT2D eigenvalue weighted by atomic mass is 9.77. The van der Waals surface area contributed by atoms with Crippen molar-refractivity contribution < 1.29 is 28.6 Å². The van der Waals surface area contributed by atoms with Gasteiger partial charge in [0.25, 0.3) is 0 Å². The van der Waals surface area contributed by atoms with Crippen molar-refractivity contribution >= 4 is 17.8 Å². The summed E-state index contributed by atoms with van der Waals surface area (Å²) in [5.74, 6) is -1.68. The number of methoxy groups -OCH3 is 1. The van der Waals surface area contributed by atoms with Gasteiger partial charge in [0.1, 0.15) is 17.3 Å². The maximum Gasteiger partial charge on any atom is 0.314 e. The summed E-state index contributed by atoms with van der Waals surface area (Å²) in [5, 5.41) is 0. The zero-order chi connectivity index (χ0) is 20.8. The van der Waals surface area contributed by atoms with E-state index >= 15 is 0 Å². The third-order valence-corrected chi connectivity index (χ3v) is 6.16. The molecule has 1 amide bonds. The van der Waals surface area contributed by atoms with Crippen LogP contribution in [-0.2, 0) is 30.4 Å². The van der Waals surface area contributed by atoms with E-state index in [-0.39, 0.29) is 17.8 Å². The zero-order valence-electron chi connectivity index (χ0n) is 16.8. The summed E-state index contributed by atoms with van der Waals surface area (Å²) in [4.78, 5) is 39.1. The second kappa shape index (κ2) is 7.30. The quantitative estimate of drug-likeness (QED) is 0.414. The van der Waals surface area contributed by atoms with Crippen LogP contribution in [0.1, 0.15) is 25.8 Å². The number of amides is 1. The number of carbonyl (C=O) groups excluding carboxylic acids is 3. The van der Waals surface area contributed by atoms with E-state index in [4.69, 9.17) is 14.2 Å². The minimum absolute atomic E-state index is 0.116. The molecule has 0 aromatic heterocycles. The highest BCUT2D eigenvalue weighted by Gasteiger charge is 2.67. The Hall–Kier alpha value is -2.67. The van der Waals surface area contributed by atoms with E-state index < -0.39 is 29.5 Å². The maximum atomic E-state index is 13.1. The fraction of sp³-hybridized carbons (Fsp3) is 0.500. The van der Waals surface area contributed by atoms with Gasteiger partial charge in [-0.05, 0) is 24.1 Å². The molecule has 5 atom stereocenters. The smallest absolute Gasteiger partial charge is 0.314 e. The second-order valence-corrected chi connectivity index (χ2v) is 8.00. The molecule has 7 heteroatoms. The first-order chi connectivity index (χ1) is 13.9. The molecule has 1 aromatic carbocycles. The molecule has 0 N–H and O–H groups in total. The number of ether oxygens (including phenoxy) is 3. The zero-order valence-corrected chi connectivity index (χ0v) is 16.8. The molecule has 3 heterocycles. The molecule has 2 saturated heterocycles. The predicted molar refractivity (Wildman–Crippen MR) is 103 cm³/mol. The van der Waals surface area contributed by atoms with Crippen LogP contribution in [0.15, 0.2) is 36.4 Å². The first-order valence-electron chi connectivity index (χ1n) is 9.93. The van der Waals surface area contributed by atoms with Crippen molar-refractivity contribution in [3.63, 3.8) is 0 Å². The van der Waals surface area contributed by atoms with Gasteiger partial charge in [-0.15, -0.1) is 0 Å². The van der Waals surface area contributed by atoms with Gasteiger partial charge in [0.05, 0.1) is 31.6 Å². The number of fused-ring (bicyclic) bond motifs is 1. The van der Waals surface area contributed by atoms with E-state index in [2.05, 4.69) is 0 Å². The number of hydrogen-bond acceptors (Lipinski definition) is 6. The molecular formula is C22H25NO6. The number of likely N-dealkylation sites (tertiary alicyclic amines) is 1. The van der Waals surface area contributed by atoms with Gasteiger partial charge in [0.15, 0.2) is 0 Å². The highest BCUT2D eigenvalue weighted by Crippen LogP contribution is 2.52. The monoisotopic (exact) mass is 399 g/mol. The molecule has 154 valence electrons. The highest BCUT2D eigenvalue weighted by molar-refractivity contribution is 5.91. The number of rotatable bonds is 6. The van der Waals surface area contributed by atoms with Gasteiger partial charge in [-0.3, -0.25) is 14.4 Å². The van der Waals surface area contributed by atoms with E-state index in [1.54, 1.807) is 23.1 Å². The molecule has 0 saturated carbocycles. The van der Waals surface area contributed by atoms with Crippen molar-refractivity contribution in [2.75, 3.05) is 13.7 Å². The standard InChI is InChI=1S/C22H25NO6/c1-4-13(2)20(25)28-15-7-5-6-14(10-15)11-23-12-22-9-8-16(29-22)17(21(26)27-3)18(22)19(23)24/h5-10,13,16-18H,4,11-12H2,1-3H3/t13-,16+,17+,18+,22+/m0/s1. The van der Waals surface area contributed by atoms with Crippen LogP contribution < -0.4 is 4.74 Å². The minimum atomic E-state index is -0.763. The van der Waals surface area contributed by atoms with Gasteiger partial charge >= 0.3 is 11.9 Å². The fourth-order valence-electron chi connectivity index (χ4n) is 4.43. The topological polar surface area (TPSA) is 82.1 Å². The highest BCUT2D eigenvalue weighted by atomic mass is 16.5. The first-order valence-corrected chi connectivity index (χ1v) is 9.93. The van der Waals surface area contributed by atoms with Gasteiger partial charge in [0, 0.05) is 6.54 Å². The lowest BCUT2D eigenvalue weighted by Gasteiger charge is -2.22. The minimum Gasteiger partial charge on any atom is -0.469 e. The van der Waals surface area contributed by atoms with Crippen molar-refractivity contribution in [2.45, 2.75) is 38.5 Å². The average Bonchev–Trinajstić information content (AvgIpc) is 3.35. The van der Waals surface area contributed by atoms with Gasteiger partial charge in [-0.25, -0.2) is 0 Å². The molecule has 0 unspecified atom stereocenters. The summed E-state index contributed by atoms with van der Waals surface area (Å²) in [5.41, 5.74) is 0.0821. The third-order valence-electron chi connectivity index (χ3n) is 6.16. The molecule has 2 bridgehead atoms. The Labute approximate surface area is 169 Å². The van der Waals surface area contributed by atoms with Crippen LogP contribution in [0, 0.1) is 17.8 Å². The van der Waals surface area contributed by atoms with Crippen LogP contribution in [0.25, 0.3) is 0 Å². The second-order valence-electron chi connectivity index (χ2n) is 8.00.